The van der Waals surface area contributed by atoms with E-state index in [9.17, 15) is 4.79 Å². The number of amides is 1. The Bertz CT molecular complexity index is 659. The molecule has 0 radical (unpaired) electrons. The number of nitrogens with one attached hydrogen (secondary N) is 1. The molecule has 5 heteroatoms. The number of methoxy groups -OCH3 is 1. The summed E-state index contributed by atoms with van der Waals surface area (Å²) in [5, 5.41) is 2.99. The van der Waals surface area contributed by atoms with Crippen LogP contribution in [0.4, 0.5) is 5.69 Å². The predicted octanol–water partition coefficient (Wildman–Crippen LogP) is 3.63. The summed E-state index contributed by atoms with van der Waals surface area (Å²) in [7, 11) is 1.67. The van der Waals surface area contributed by atoms with Crippen molar-refractivity contribution in [1.29, 1.82) is 0 Å². The van der Waals surface area contributed by atoms with Crippen molar-refractivity contribution >= 4 is 24.0 Å². The quantitative estimate of drug-likeness (QED) is 0.705. The molecule has 4 nitrogen and oxygen atoms in total. The second kappa shape index (κ2) is 10.6. The van der Waals surface area contributed by atoms with Gasteiger partial charge < -0.3 is 15.8 Å². The summed E-state index contributed by atoms with van der Waals surface area (Å²) in [5.74, 6) is 1.23. The zero-order valence-corrected chi connectivity index (χ0v) is 15.6. The van der Waals surface area contributed by atoms with Crippen LogP contribution in [0.5, 0.6) is 5.75 Å². The summed E-state index contributed by atoms with van der Waals surface area (Å²) in [6.45, 7) is 2.73. The van der Waals surface area contributed by atoms with E-state index in [1.807, 2.05) is 48.5 Å². The number of hydrogen-bond acceptors (Lipinski definition) is 3. The van der Waals surface area contributed by atoms with Gasteiger partial charge in [0.25, 0.3) is 0 Å². The van der Waals surface area contributed by atoms with Crippen molar-refractivity contribution in [1.82, 2.24) is 5.32 Å². The maximum Gasteiger partial charge on any atom is 0.220 e. The Balaban J connectivity index is 0.00000312. The zero-order valence-electron chi connectivity index (χ0n) is 14.8. The maximum absolute atomic E-state index is 12.1. The maximum atomic E-state index is 12.1. The lowest BCUT2D eigenvalue weighted by Crippen LogP contribution is -2.27. The van der Waals surface area contributed by atoms with Crippen molar-refractivity contribution in [3.05, 3.63) is 59.7 Å². The Morgan fingerprint density at radius 3 is 2.52 bits per heavy atom. The minimum Gasteiger partial charge on any atom is -0.496 e. The molecule has 1 amide bonds. The predicted molar refractivity (Wildman–Crippen MR) is 105 cm³/mol. The largest absolute Gasteiger partial charge is 0.496 e. The van der Waals surface area contributed by atoms with Crippen molar-refractivity contribution in [2.24, 2.45) is 5.92 Å². The third-order valence-corrected chi connectivity index (χ3v) is 4.01. The number of halogens is 1. The molecule has 2 rings (SSSR count). The summed E-state index contributed by atoms with van der Waals surface area (Å²) < 4.78 is 5.36. The first-order valence-corrected chi connectivity index (χ1v) is 8.31. The van der Waals surface area contributed by atoms with E-state index < -0.39 is 0 Å². The van der Waals surface area contributed by atoms with Gasteiger partial charge in [-0.2, -0.15) is 0 Å². The molecule has 0 aliphatic carbocycles. The van der Waals surface area contributed by atoms with Crippen LogP contribution in [0.3, 0.4) is 0 Å². The summed E-state index contributed by atoms with van der Waals surface area (Å²) in [6.07, 6.45) is 2.15. The van der Waals surface area contributed by atoms with Gasteiger partial charge in [0.2, 0.25) is 5.91 Å². The van der Waals surface area contributed by atoms with Crippen LogP contribution in [-0.2, 0) is 17.6 Å². The lowest BCUT2D eigenvalue weighted by molar-refractivity contribution is -0.121. The van der Waals surface area contributed by atoms with Gasteiger partial charge in [-0.3, -0.25) is 4.79 Å². The molecule has 0 bridgehead atoms. The highest BCUT2D eigenvalue weighted by Crippen LogP contribution is 2.22. The molecule has 2 aromatic rings. The topological polar surface area (TPSA) is 64.3 Å². The number of carbonyl (C=O) groups excluding carboxylic acids is 1. The first-order valence-electron chi connectivity index (χ1n) is 8.31. The van der Waals surface area contributed by atoms with Gasteiger partial charge in [0.15, 0.2) is 0 Å². The smallest absolute Gasteiger partial charge is 0.220 e. The molecule has 1 atom stereocenters. The van der Waals surface area contributed by atoms with E-state index in [0.717, 1.165) is 29.8 Å². The molecule has 0 saturated heterocycles. The van der Waals surface area contributed by atoms with Crippen molar-refractivity contribution in [2.45, 2.75) is 26.2 Å². The number of anilines is 1. The van der Waals surface area contributed by atoms with Crippen LogP contribution < -0.4 is 15.8 Å². The van der Waals surface area contributed by atoms with E-state index >= 15 is 0 Å². The van der Waals surface area contributed by atoms with Crippen molar-refractivity contribution in [3.8, 4) is 5.75 Å². The second-order valence-corrected chi connectivity index (χ2v) is 6.17. The number of ether oxygens (including phenoxy) is 1. The fraction of sp³-hybridized carbons (Fsp3) is 0.350. The molecule has 1 unspecified atom stereocenters. The van der Waals surface area contributed by atoms with Gasteiger partial charge in [0.05, 0.1) is 7.11 Å². The average molecular weight is 363 g/mol. The fourth-order valence-electron chi connectivity index (χ4n) is 2.74. The highest BCUT2D eigenvalue weighted by atomic mass is 35.5. The van der Waals surface area contributed by atoms with E-state index in [4.69, 9.17) is 10.5 Å². The Morgan fingerprint density at radius 2 is 1.84 bits per heavy atom. The molecular weight excluding hydrogens is 336 g/mol. The number of carbonyl (C=O) groups is 1. The highest BCUT2D eigenvalue weighted by molar-refractivity contribution is 5.85. The summed E-state index contributed by atoms with van der Waals surface area (Å²) in [5.41, 5.74) is 8.73. The van der Waals surface area contributed by atoms with Crippen LogP contribution >= 0.6 is 12.4 Å². The monoisotopic (exact) mass is 362 g/mol. The van der Waals surface area contributed by atoms with Gasteiger partial charge in [0, 0.05) is 18.7 Å². The number of nitrogen functional groups attached to an aromatic ring is 1. The summed E-state index contributed by atoms with van der Waals surface area (Å²) in [6, 6.07) is 15.7. The molecule has 25 heavy (non-hydrogen) atoms. The average Bonchev–Trinajstić information content (AvgIpc) is 2.57. The van der Waals surface area contributed by atoms with Crippen molar-refractivity contribution in [2.75, 3.05) is 19.4 Å². The zero-order chi connectivity index (χ0) is 17.4. The molecule has 0 heterocycles. The standard InChI is InChI=1S/C20H26N2O2.ClH/c1-15(13-17-5-3-4-6-19(17)24-2)14-20(23)22-12-11-16-7-9-18(21)10-8-16;/h3-10,15H,11-14,21H2,1-2H3,(H,22,23);1H. The molecule has 136 valence electrons. The Kier molecular flexibility index (Phi) is 8.86. The van der Waals surface area contributed by atoms with E-state index in [1.165, 1.54) is 5.56 Å². The second-order valence-electron chi connectivity index (χ2n) is 6.17. The van der Waals surface area contributed by atoms with E-state index in [-0.39, 0.29) is 24.2 Å². The normalized spacial score (nSPS) is 11.3. The molecule has 3 N–H and O–H groups in total. The van der Waals surface area contributed by atoms with Crippen molar-refractivity contribution in [3.63, 3.8) is 0 Å². The first kappa shape index (κ1) is 20.8. The highest BCUT2D eigenvalue weighted by Gasteiger charge is 2.12. The lowest BCUT2D eigenvalue weighted by atomic mass is 9.97. The van der Waals surface area contributed by atoms with Crippen molar-refractivity contribution < 1.29 is 9.53 Å². The minimum atomic E-state index is 0. The van der Waals surface area contributed by atoms with Gasteiger partial charge in [-0.25, -0.2) is 0 Å². The number of para-hydroxylation sites is 1. The fourth-order valence-corrected chi connectivity index (χ4v) is 2.74. The van der Waals surface area contributed by atoms with Gasteiger partial charge in [0.1, 0.15) is 5.75 Å². The third-order valence-electron chi connectivity index (χ3n) is 4.01. The van der Waals surface area contributed by atoms with E-state index in [1.54, 1.807) is 7.11 Å². The first-order chi connectivity index (χ1) is 11.6. The van der Waals surface area contributed by atoms with E-state index in [0.29, 0.717) is 13.0 Å². The Morgan fingerprint density at radius 1 is 1.16 bits per heavy atom. The molecule has 0 fully saturated rings. The molecule has 0 aliphatic rings. The lowest BCUT2D eigenvalue weighted by Gasteiger charge is -2.14. The summed E-state index contributed by atoms with van der Waals surface area (Å²) >= 11 is 0. The number of rotatable bonds is 8. The van der Waals surface area contributed by atoms with Crippen LogP contribution in [0.2, 0.25) is 0 Å². The molecular formula is C20H27ClN2O2. The Labute approximate surface area is 156 Å². The molecule has 0 aromatic heterocycles. The molecule has 0 aliphatic heterocycles. The molecule has 2 aromatic carbocycles. The van der Waals surface area contributed by atoms with Gasteiger partial charge in [-0.05, 0) is 48.1 Å². The summed E-state index contributed by atoms with van der Waals surface area (Å²) in [4.78, 5) is 12.1. The van der Waals surface area contributed by atoms with Crippen LogP contribution in [0.1, 0.15) is 24.5 Å². The minimum absolute atomic E-state index is 0. The number of benzene rings is 2. The van der Waals surface area contributed by atoms with Crippen LogP contribution in [0.25, 0.3) is 0 Å². The van der Waals surface area contributed by atoms with Gasteiger partial charge in [-0.1, -0.05) is 37.3 Å². The number of hydrogen-bond donors (Lipinski definition) is 2. The SMILES string of the molecule is COc1ccccc1CC(C)CC(=O)NCCc1ccc(N)cc1.Cl. The van der Waals surface area contributed by atoms with Crippen LogP contribution in [-0.4, -0.2) is 19.6 Å². The van der Waals surface area contributed by atoms with Crippen LogP contribution in [0, 0.1) is 5.92 Å². The van der Waals surface area contributed by atoms with Crippen LogP contribution in [0.15, 0.2) is 48.5 Å². The third kappa shape index (κ3) is 7.06. The Hall–Kier alpha value is -2.20. The van der Waals surface area contributed by atoms with Gasteiger partial charge in [-0.15, -0.1) is 12.4 Å². The molecule has 0 spiro atoms. The van der Waals surface area contributed by atoms with E-state index in [2.05, 4.69) is 12.2 Å². The molecule has 0 saturated carbocycles. The number of nitrogens with two attached hydrogens (primary N) is 1. The van der Waals surface area contributed by atoms with Gasteiger partial charge >= 0.3 is 0 Å².